The zero-order valence-electron chi connectivity index (χ0n) is 24.0. The molecule has 0 aromatic heterocycles. The highest BCUT2D eigenvalue weighted by molar-refractivity contribution is 9.10. The van der Waals surface area contributed by atoms with E-state index >= 15 is 0 Å². The number of rotatable bonds is 11. The molecule has 4 aromatic carbocycles. The molecule has 0 spiro atoms. The van der Waals surface area contributed by atoms with Crippen LogP contribution in [0.5, 0.6) is 0 Å². The van der Waals surface area contributed by atoms with Gasteiger partial charge in [-0.25, -0.2) is 0 Å². The van der Waals surface area contributed by atoms with E-state index in [-0.39, 0.29) is 30.2 Å². The van der Waals surface area contributed by atoms with Gasteiger partial charge < -0.3 is 10.2 Å². The van der Waals surface area contributed by atoms with Gasteiger partial charge in [-0.1, -0.05) is 138 Å². The molecule has 2 amide bonds. The fraction of sp³-hybridized carbons (Fsp3) is 0.297. The smallest absolute Gasteiger partial charge is 0.243 e. The number of nitrogens with one attached hydrogen (secondary N) is 1. The van der Waals surface area contributed by atoms with Crippen LogP contribution in [0.3, 0.4) is 0 Å². The van der Waals surface area contributed by atoms with Crippen LogP contribution in [0.25, 0.3) is 0 Å². The Labute approximate surface area is 258 Å². The van der Waals surface area contributed by atoms with Crippen molar-refractivity contribution >= 4 is 27.7 Å². The second-order valence-corrected chi connectivity index (χ2v) is 12.2. The molecule has 1 fully saturated rings. The van der Waals surface area contributed by atoms with Crippen LogP contribution in [0.15, 0.2) is 120 Å². The second kappa shape index (κ2) is 15.0. The van der Waals surface area contributed by atoms with E-state index in [9.17, 15) is 9.59 Å². The molecular weight excluding hydrogens is 584 g/mol. The van der Waals surface area contributed by atoms with Gasteiger partial charge in [-0.05, 0) is 47.2 Å². The normalized spacial score (nSPS) is 14.3. The summed E-state index contributed by atoms with van der Waals surface area (Å²) < 4.78 is 0.980. The van der Waals surface area contributed by atoms with Gasteiger partial charge in [0.05, 0.1) is 0 Å². The molecule has 0 bridgehead atoms. The van der Waals surface area contributed by atoms with Crippen molar-refractivity contribution in [2.24, 2.45) is 0 Å². The molecule has 0 heterocycles. The quantitative estimate of drug-likeness (QED) is 0.184. The second-order valence-electron chi connectivity index (χ2n) is 11.3. The van der Waals surface area contributed by atoms with Crippen molar-refractivity contribution in [3.63, 3.8) is 0 Å². The van der Waals surface area contributed by atoms with Gasteiger partial charge in [0.25, 0.3) is 0 Å². The lowest BCUT2D eigenvalue weighted by Crippen LogP contribution is -2.53. The maximum atomic E-state index is 14.5. The molecule has 1 aliphatic rings. The van der Waals surface area contributed by atoms with E-state index in [4.69, 9.17) is 0 Å². The van der Waals surface area contributed by atoms with Crippen molar-refractivity contribution in [2.75, 3.05) is 0 Å². The van der Waals surface area contributed by atoms with Crippen molar-refractivity contribution < 1.29 is 9.59 Å². The summed E-state index contributed by atoms with van der Waals surface area (Å²) in [6, 6.07) is 38.0. The van der Waals surface area contributed by atoms with Crippen LogP contribution in [0.1, 0.15) is 66.7 Å². The summed E-state index contributed by atoms with van der Waals surface area (Å²) in [5.41, 5.74) is 4.21. The van der Waals surface area contributed by atoms with E-state index in [1.54, 1.807) is 0 Å². The molecule has 1 N–H and O–H groups in total. The highest BCUT2D eigenvalue weighted by Gasteiger charge is 2.33. The Balaban J connectivity index is 1.50. The van der Waals surface area contributed by atoms with E-state index in [1.165, 1.54) is 6.42 Å². The van der Waals surface area contributed by atoms with Crippen LogP contribution in [0.4, 0.5) is 0 Å². The van der Waals surface area contributed by atoms with Gasteiger partial charge in [0.1, 0.15) is 6.04 Å². The SMILES string of the molecule is O=C(NC1CCCCC1)[C@@H](Cc1ccccc1)N(Cc1ccc(Br)cc1)C(=O)CC(c1ccccc1)c1ccccc1. The molecule has 0 unspecified atom stereocenters. The number of amides is 2. The Morgan fingerprint density at radius 2 is 1.26 bits per heavy atom. The van der Waals surface area contributed by atoms with Crippen LogP contribution in [-0.4, -0.2) is 28.8 Å². The van der Waals surface area contributed by atoms with Gasteiger partial charge in [-0.15, -0.1) is 0 Å². The molecule has 1 saturated carbocycles. The lowest BCUT2D eigenvalue weighted by Gasteiger charge is -2.34. The molecular formula is C37H39BrN2O2. The third-order valence-electron chi connectivity index (χ3n) is 8.27. The van der Waals surface area contributed by atoms with Crippen LogP contribution in [0, 0.1) is 0 Å². The van der Waals surface area contributed by atoms with Crippen LogP contribution in [0.2, 0.25) is 0 Å². The summed E-state index contributed by atoms with van der Waals surface area (Å²) in [6.45, 7) is 0.359. The number of carbonyl (C=O) groups excluding carboxylic acids is 2. The molecule has 0 radical (unpaired) electrons. The first kappa shape index (κ1) is 29.8. The fourth-order valence-electron chi connectivity index (χ4n) is 5.98. The van der Waals surface area contributed by atoms with E-state index in [2.05, 4.69) is 45.5 Å². The van der Waals surface area contributed by atoms with Gasteiger partial charge >= 0.3 is 0 Å². The molecule has 42 heavy (non-hydrogen) atoms. The minimum atomic E-state index is -0.627. The van der Waals surface area contributed by atoms with Crippen LogP contribution in [-0.2, 0) is 22.6 Å². The number of halogens is 1. The monoisotopic (exact) mass is 622 g/mol. The highest BCUT2D eigenvalue weighted by Crippen LogP contribution is 2.30. The summed E-state index contributed by atoms with van der Waals surface area (Å²) in [6.07, 6.45) is 6.20. The van der Waals surface area contributed by atoms with Gasteiger partial charge in [0.2, 0.25) is 11.8 Å². The zero-order valence-corrected chi connectivity index (χ0v) is 25.6. The largest absolute Gasteiger partial charge is 0.352 e. The summed E-state index contributed by atoms with van der Waals surface area (Å²) in [4.78, 5) is 30.5. The molecule has 5 heteroatoms. The van der Waals surface area contributed by atoms with E-state index in [0.29, 0.717) is 13.0 Å². The summed E-state index contributed by atoms with van der Waals surface area (Å²) >= 11 is 3.53. The fourth-order valence-corrected chi connectivity index (χ4v) is 6.24. The molecule has 0 saturated heterocycles. The van der Waals surface area contributed by atoms with Crippen molar-refractivity contribution in [2.45, 2.75) is 69.5 Å². The van der Waals surface area contributed by atoms with Crippen LogP contribution < -0.4 is 5.32 Å². The zero-order chi connectivity index (χ0) is 29.1. The van der Waals surface area contributed by atoms with E-state index < -0.39 is 6.04 Å². The Morgan fingerprint density at radius 3 is 1.83 bits per heavy atom. The number of hydrogen-bond acceptors (Lipinski definition) is 2. The lowest BCUT2D eigenvalue weighted by atomic mass is 9.87. The standard InChI is InChI=1S/C37H39BrN2O2/c38-32-23-21-29(22-24-32)27-40(36(41)26-34(30-15-7-2-8-16-30)31-17-9-3-10-18-31)35(25-28-13-5-1-6-14-28)37(42)39-33-19-11-4-12-20-33/h1-3,5-10,13-18,21-24,33-35H,4,11-12,19-20,25-27H2,(H,39,42)/t35-/m1/s1. The predicted molar refractivity (Wildman–Crippen MR) is 173 cm³/mol. The molecule has 5 rings (SSSR count). The third kappa shape index (κ3) is 8.19. The Morgan fingerprint density at radius 1 is 0.714 bits per heavy atom. The number of nitrogens with zero attached hydrogens (tertiary/aromatic N) is 1. The van der Waals surface area contributed by atoms with Gasteiger partial charge in [0.15, 0.2) is 0 Å². The molecule has 216 valence electrons. The molecule has 4 aromatic rings. The Kier molecular flexibility index (Phi) is 10.6. The molecule has 0 aliphatic heterocycles. The minimum absolute atomic E-state index is 0.0321. The average Bonchev–Trinajstić information content (AvgIpc) is 3.04. The van der Waals surface area contributed by atoms with E-state index in [1.807, 2.05) is 95.9 Å². The van der Waals surface area contributed by atoms with Crippen molar-refractivity contribution in [1.29, 1.82) is 0 Å². The maximum Gasteiger partial charge on any atom is 0.243 e. The lowest BCUT2D eigenvalue weighted by molar-refractivity contribution is -0.141. The highest BCUT2D eigenvalue weighted by atomic mass is 79.9. The summed E-state index contributed by atoms with van der Waals surface area (Å²) in [7, 11) is 0. The average molecular weight is 624 g/mol. The maximum absolute atomic E-state index is 14.5. The van der Waals surface area contributed by atoms with Gasteiger partial charge in [-0.3, -0.25) is 9.59 Å². The van der Waals surface area contributed by atoms with Crippen molar-refractivity contribution in [3.8, 4) is 0 Å². The summed E-state index contributed by atoms with van der Waals surface area (Å²) in [5, 5.41) is 3.35. The molecule has 1 aliphatic carbocycles. The molecule has 1 atom stereocenters. The van der Waals surface area contributed by atoms with E-state index in [0.717, 1.165) is 52.4 Å². The number of hydrogen-bond donors (Lipinski definition) is 1. The van der Waals surface area contributed by atoms with Gasteiger partial charge in [-0.2, -0.15) is 0 Å². The first-order valence-corrected chi connectivity index (χ1v) is 15.8. The van der Waals surface area contributed by atoms with Crippen LogP contribution >= 0.6 is 15.9 Å². The predicted octanol–water partition coefficient (Wildman–Crippen LogP) is 8.06. The molecule has 4 nitrogen and oxygen atoms in total. The van der Waals surface area contributed by atoms with Crippen molar-refractivity contribution in [1.82, 2.24) is 10.2 Å². The topological polar surface area (TPSA) is 49.4 Å². The minimum Gasteiger partial charge on any atom is -0.352 e. The first-order chi connectivity index (χ1) is 20.6. The van der Waals surface area contributed by atoms with Gasteiger partial charge in [0, 0.05) is 35.8 Å². The summed E-state index contributed by atoms with van der Waals surface area (Å²) in [5.74, 6) is -0.214. The Bertz CT molecular complexity index is 1370. The van der Waals surface area contributed by atoms with Crippen molar-refractivity contribution in [3.05, 3.63) is 142 Å². The third-order valence-corrected chi connectivity index (χ3v) is 8.80. The number of benzene rings is 4. The Hall–Kier alpha value is -3.70. The number of carbonyl (C=O) groups is 2. The first-order valence-electron chi connectivity index (χ1n) is 15.0.